The van der Waals surface area contributed by atoms with Crippen molar-refractivity contribution in [2.75, 3.05) is 33.3 Å². The predicted molar refractivity (Wildman–Crippen MR) is 159 cm³/mol. The Kier molecular flexibility index (Phi) is 12.5. The molecule has 0 fully saturated rings. The van der Waals surface area contributed by atoms with E-state index in [0.717, 1.165) is 16.1 Å². The number of benzene rings is 2. The van der Waals surface area contributed by atoms with Crippen molar-refractivity contribution in [1.29, 1.82) is 0 Å². The van der Waals surface area contributed by atoms with Crippen LogP contribution in [-0.4, -0.2) is 72.7 Å². The van der Waals surface area contributed by atoms with Crippen LogP contribution in [0.15, 0.2) is 36.4 Å². The van der Waals surface area contributed by atoms with Crippen molar-refractivity contribution in [1.82, 2.24) is 10.0 Å². The Hall–Kier alpha value is -3.73. The van der Waals surface area contributed by atoms with Gasteiger partial charge in [0, 0.05) is 16.7 Å². The maximum absolute atomic E-state index is 14.1. The van der Waals surface area contributed by atoms with Gasteiger partial charge in [-0.15, -0.1) is 5.01 Å². The number of carbonyl (C=O) groups is 4. The maximum Gasteiger partial charge on any atom is 0.439 e. The van der Waals surface area contributed by atoms with E-state index < -0.39 is 50.0 Å². The van der Waals surface area contributed by atoms with Crippen LogP contribution in [0.25, 0.3) is 0 Å². The third-order valence-electron chi connectivity index (χ3n) is 5.97. The van der Waals surface area contributed by atoms with Crippen LogP contribution in [0.3, 0.4) is 0 Å². The number of nitrogens with zero attached hydrogens (tertiary/aromatic N) is 2. The molecular weight excluding hydrogens is 579 g/mol. The van der Waals surface area contributed by atoms with E-state index in [9.17, 15) is 23.7 Å². The molecule has 43 heavy (non-hydrogen) atoms. The first kappa shape index (κ1) is 35.5. The molecule has 0 unspecified atom stereocenters. The maximum atomic E-state index is 14.1. The number of aryl methyl sites for hydroxylation is 2. The van der Waals surface area contributed by atoms with E-state index in [1.807, 2.05) is 19.9 Å². The molecule has 3 amide bonds. The van der Waals surface area contributed by atoms with Gasteiger partial charge >= 0.3 is 19.7 Å². The van der Waals surface area contributed by atoms with Gasteiger partial charge in [-0.1, -0.05) is 23.3 Å². The summed E-state index contributed by atoms with van der Waals surface area (Å²) in [5, 5.41) is 1.59. The first-order valence-corrected chi connectivity index (χ1v) is 15.4. The Morgan fingerprint density at radius 3 is 1.95 bits per heavy atom. The molecule has 0 spiro atoms. The van der Waals surface area contributed by atoms with Crippen LogP contribution < -0.4 is 4.74 Å². The number of ether oxygens (including phenoxy) is 3. The molecule has 2 aromatic rings. The summed E-state index contributed by atoms with van der Waals surface area (Å²) in [4.78, 5) is 54.1. The SMILES string of the molecule is CCOP(=O)(CC(=O)OCOC(=O)N(C(=O)c1cccc(OC)c1C)N(C(=O)c1cc(C)cc(C)c1)C(C)(C)C)OCC. The minimum absolute atomic E-state index is 0.0391. The predicted octanol–water partition coefficient (Wildman–Crippen LogP) is 5.82. The van der Waals surface area contributed by atoms with Gasteiger partial charge in [0.1, 0.15) is 11.9 Å². The van der Waals surface area contributed by atoms with Gasteiger partial charge in [-0.2, -0.15) is 0 Å². The van der Waals surface area contributed by atoms with E-state index in [1.165, 1.54) is 13.2 Å². The van der Waals surface area contributed by atoms with Gasteiger partial charge in [-0.25, -0.2) is 9.80 Å². The number of carbonyl (C=O) groups excluding carboxylic acids is 4. The Morgan fingerprint density at radius 1 is 0.860 bits per heavy atom. The van der Waals surface area contributed by atoms with E-state index in [-0.39, 0.29) is 24.3 Å². The summed E-state index contributed by atoms with van der Waals surface area (Å²) >= 11 is 0. The summed E-state index contributed by atoms with van der Waals surface area (Å²) in [6, 6.07) is 9.90. The summed E-state index contributed by atoms with van der Waals surface area (Å²) in [5.74, 6) is -2.14. The Morgan fingerprint density at radius 2 is 1.44 bits per heavy atom. The topological polar surface area (TPSA) is 138 Å². The second-order valence-electron chi connectivity index (χ2n) is 10.6. The number of hydrazine groups is 1. The number of hydrogen-bond acceptors (Lipinski definition) is 10. The van der Waals surface area contributed by atoms with Crippen molar-refractivity contribution in [3.05, 3.63) is 64.2 Å². The quantitative estimate of drug-likeness (QED) is 0.131. The van der Waals surface area contributed by atoms with Crippen molar-refractivity contribution in [2.45, 2.75) is 60.9 Å². The van der Waals surface area contributed by atoms with Crippen molar-refractivity contribution in [2.24, 2.45) is 0 Å². The van der Waals surface area contributed by atoms with Crippen LogP contribution >= 0.6 is 7.60 Å². The Labute approximate surface area is 252 Å². The monoisotopic (exact) mass is 620 g/mol. The molecule has 0 saturated carbocycles. The minimum atomic E-state index is -3.77. The molecule has 0 aliphatic carbocycles. The molecule has 0 aliphatic rings. The van der Waals surface area contributed by atoms with Gasteiger partial charge in [-0.05, 0) is 79.7 Å². The van der Waals surface area contributed by atoms with E-state index in [4.69, 9.17) is 23.3 Å². The summed E-state index contributed by atoms with van der Waals surface area (Å²) in [6.07, 6.45) is -2.00. The van der Waals surface area contributed by atoms with Crippen molar-refractivity contribution in [3.8, 4) is 5.75 Å². The molecular formula is C30H41N2O10P. The number of amides is 3. The standard InChI is InChI=1S/C30H41N2O10P/c1-10-41-43(37,42-11-2)18-26(33)39-19-40-29(36)31(28(35)24-13-12-14-25(38-9)22(24)5)32(30(6,7)8)27(34)23-16-20(3)15-21(4)17-23/h12-17H,10-11,18-19H2,1-9H3. The Balaban J connectivity index is 2.49. The van der Waals surface area contributed by atoms with E-state index >= 15 is 0 Å². The van der Waals surface area contributed by atoms with Gasteiger partial charge in [-0.3, -0.25) is 18.9 Å². The molecule has 12 nitrogen and oxygen atoms in total. The fraction of sp³-hybridized carbons (Fsp3) is 0.467. The second-order valence-corrected chi connectivity index (χ2v) is 12.6. The zero-order chi connectivity index (χ0) is 32.5. The fourth-order valence-electron chi connectivity index (χ4n) is 4.29. The van der Waals surface area contributed by atoms with Crippen LogP contribution in [-0.2, 0) is 27.9 Å². The second kappa shape index (κ2) is 15.1. The summed E-state index contributed by atoms with van der Waals surface area (Å²) < 4.78 is 38.3. The van der Waals surface area contributed by atoms with Gasteiger partial charge in [0.25, 0.3) is 11.8 Å². The number of esters is 1. The minimum Gasteiger partial charge on any atom is -0.496 e. The lowest BCUT2D eigenvalue weighted by atomic mass is 10.0. The summed E-state index contributed by atoms with van der Waals surface area (Å²) in [7, 11) is -2.32. The molecule has 2 rings (SSSR count). The molecule has 0 atom stereocenters. The normalized spacial score (nSPS) is 11.5. The fourth-order valence-corrected chi connectivity index (χ4v) is 5.74. The van der Waals surface area contributed by atoms with Gasteiger partial charge in [0.15, 0.2) is 0 Å². The average Bonchev–Trinajstić information content (AvgIpc) is 2.89. The Bertz CT molecular complexity index is 1360. The van der Waals surface area contributed by atoms with Crippen molar-refractivity contribution < 1.29 is 47.0 Å². The zero-order valence-corrected chi connectivity index (χ0v) is 27.1. The van der Waals surface area contributed by atoms with Crippen LogP contribution in [0.1, 0.15) is 72.0 Å². The lowest BCUT2D eigenvalue weighted by Crippen LogP contribution is -2.60. The van der Waals surface area contributed by atoms with E-state index in [1.54, 1.807) is 65.8 Å². The van der Waals surface area contributed by atoms with Crippen LogP contribution in [0, 0.1) is 20.8 Å². The molecule has 0 saturated heterocycles. The third-order valence-corrected chi connectivity index (χ3v) is 7.92. The van der Waals surface area contributed by atoms with Crippen LogP contribution in [0.4, 0.5) is 4.79 Å². The molecule has 236 valence electrons. The highest BCUT2D eigenvalue weighted by Gasteiger charge is 2.42. The van der Waals surface area contributed by atoms with Gasteiger partial charge in [0.2, 0.25) is 6.79 Å². The number of hydrogen-bond donors (Lipinski definition) is 0. The van der Waals surface area contributed by atoms with Crippen LogP contribution in [0.5, 0.6) is 5.75 Å². The molecule has 0 heterocycles. The first-order valence-electron chi connectivity index (χ1n) is 13.7. The number of rotatable bonds is 11. The van der Waals surface area contributed by atoms with Crippen LogP contribution in [0.2, 0.25) is 0 Å². The highest BCUT2D eigenvalue weighted by molar-refractivity contribution is 7.54. The molecule has 13 heteroatoms. The highest BCUT2D eigenvalue weighted by atomic mass is 31.2. The molecule has 0 aliphatic heterocycles. The van der Waals surface area contributed by atoms with E-state index in [2.05, 4.69) is 0 Å². The number of imide groups is 1. The smallest absolute Gasteiger partial charge is 0.439 e. The highest BCUT2D eigenvalue weighted by Crippen LogP contribution is 2.47. The molecule has 0 N–H and O–H groups in total. The zero-order valence-electron chi connectivity index (χ0n) is 26.2. The summed E-state index contributed by atoms with van der Waals surface area (Å²) in [6.45, 7) is 12.6. The third kappa shape index (κ3) is 9.38. The summed E-state index contributed by atoms with van der Waals surface area (Å²) in [5.41, 5.74) is 1.25. The lowest BCUT2D eigenvalue weighted by Gasteiger charge is -2.41. The molecule has 0 radical (unpaired) electrons. The lowest BCUT2D eigenvalue weighted by molar-refractivity contribution is -0.150. The van der Waals surface area contributed by atoms with Gasteiger partial charge < -0.3 is 23.3 Å². The molecule has 0 aromatic heterocycles. The van der Waals surface area contributed by atoms with E-state index in [0.29, 0.717) is 16.3 Å². The van der Waals surface area contributed by atoms with Gasteiger partial charge in [0.05, 0.1) is 25.9 Å². The first-order chi connectivity index (χ1) is 20.1. The largest absolute Gasteiger partial charge is 0.496 e. The molecule has 2 aromatic carbocycles. The van der Waals surface area contributed by atoms with Crippen molar-refractivity contribution >= 4 is 31.5 Å². The number of methoxy groups -OCH3 is 1. The molecule has 0 bridgehead atoms. The average molecular weight is 621 g/mol. The van der Waals surface area contributed by atoms with Crippen molar-refractivity contribution in [3.63, 3.8) is 0 Å².